The molecule has 8 heteroatoms. The lowest BCUT2D eigenvalue weighted by Crippen LogP contribution is -2.10. The van der Waals surface area contributed by atoms with Crippen LogP contribution in [0, 0.1) is 0 Å². The quantitative estimate of drug-likeness (QED) is 0.872. The first-order chi connectivity index (χ1) is 8.13. The molecular weight excluding hydrogens is 242 g/mol. The summed E-state index contributed by atoms with van der Waals surface area (Å²) in [7, 11) is 0. The Balaban J connectivity index is 2.19. The number of nitrogens with two attached hydrogens (primary N) is 1. The van der Waals surface area contributed by atoms with Crippen LogP contribution in [0.1, 0.15) is 13.8 Å². The standard InChI is InChI=1S/C9H11N5O2S/c1-5(2)16-7-12-6(10)13-8(14-7)17-9-11-3-4-15-9/h3-5H,1-2H3,(H2,10,12,13,14). The Morgan fingerprint density at radius 2 is 2.18 bits per heavy atom. The van der Waals surface area contributed by atoms with Crippen LogP contribution in [0.15, 0.2) is 27.3 Å². The number of rotatable bonds is 4. The Labute approximate surface area is 102 Å². The maximum atomic E-state index is 5.56. The second-order valence-electron chi connectivity index (χ2n) is 3.33. The average Bonchev–Trinajstić information content (AvgIpc) is 2.67. The van der Waals surface area contributed by atoms with Crippen LogP contribution >= 0.6 is 11.8 Å². The van der Waals surface area contributed by atoms with Crippen LogP contribution in [0.5, 0.6) is 6.01 Å². The van der Waals surface area contributed by atoms with Gasteiger partial charge in [-0.15, -0.1) is 0 Å². The van der Waals surface area contributed by atoms with E-state index in [9.17, 15) is 0 Å². The normalized spacial score (nSPS) is 10.8. The summed E-state index contributed by atoms with van der Waals surface area (Å²) in [5.41, 5.74) is 5.56. The monoisotopic (exact) mass is 253 g/mol. The smallest absolute Gasteiger partial charge is 0.322 e. The van der Waals surface area contributed by atoms with E-state index in [1.54, 1.807) is 6.20 Å². The van der Waals surface area contributed by atoms with Gasteiger partial charge in [-0.05, 0) is 13.8 Å². The fourth-order valence-corrected chi connectivity index (χ4v) is 1.64. The summed E-state index contributed by atoms with van der Waals surface area (Å²) in [6, 6.07) is 0.196. The summed E-state index contributed by atoms with van der Waals surface area (Å²) in [6.45, 7) is 3.75. The van der Waals surface area contributed by atoms with Crippen molar-refractivity contribution in [2.24, 2.45) is 0 Å². The lowest BCUT2D eigenvalue weighted by molar-refractivity contribution is 0.219. The number of anilines is 1. The topological polar surface area (TPSA) is 100.0 Å². The SMILES string of the molecule is CC(C)Oc1nc(N)nc(Sc2ncco2)n1. The van der Waals surface area contributed by atoms with E-state index in [2.05, 4.69) is 19.9 Å². The van der Waals surface area contributed by atoms with Crippen molar-refractivity contribution in [1.29, 1.82) is 0 Å². The lowest BCUT2D eigenvalue weighted by Gasteiger charge is -2.07. The van der Waals surface area contributed by atoms with E-state index in [0.29, 0.717) is 10.4 Å². The van der Waals surface area contributed by atoms with Crippen molar-refractivity contribution in [2.75, 3.05) is 5.73 Å². The van der Waals surface area contributed by atoms with Gasteiger partial charge in [-0.2, -0.15) is 15.0 Å². The maximum absolute atomic E-state index is 5.56. The molecule has 0 amide bonds. The molecule has 2 rings (SSSR count). The molecule has 0 aliphatic carbocycles. The number of ether oxygens (including phenoxy) is 1. The molecule has 7 nitrogen and oxygen atoms in total. The van der Waals surface area contributed by atoms with Gasteiger partial charge in [0.25, 0.3) is 5.22 Å². The van der Waals surface area contributed by atoms with E-state index >= 15 is 0 Å². The van der Waals surface area contributed by atoms with Crippen LogP contribution in [-0.4, -0.2) is 26.0 Å². The fraction of sp³-hybridized carbons (Fsp3) is 0.333. The van der Waals surface area contributed by atoms with Crippen molar-refractivity contribution in [3.8, 4) is 6.01 Å². The van der Waals surface area contributed by atoms with Gasteiger partial charge in [0.1, 0.15) is 6.26 Å². The third-order valence-corrected chi connectivity index (χ3v) is 2.28. The summed E-state index contributed by atoms with van der Waals surface area (Å²) >= 11 is 1.15. The van der Waals surface area contributed by atoms with Crippen LogP contribution in [0.25, 0.3) is 0 Å². The molecule has 2 aromatic heterocycles. The van der Waals surface area contributed by atoms with Crippen molar-refractivity contribution in [3.63, 3.8) is 0 Å². The predicted molar refractivity (Wildman–Crippen MR) is 60.6 cm³/mol. The third kappa shape index (κ3) is 3.31. The van der Waals surface area contributed by atoms with Gasteiger partial charge in [0.15, 0.2) is 0 Å². The molecule has 0 spiro atoms. The number of nitrogen functional groups attached to an aromatic ring is 1. The van der Waals surface area contributed by atoms with E-state index < -0.39 is 0 Å². The minimum absolute atomic E-state index is 0.0311. The molecule has 0 radical (unpaired) electrons. The van der Waals surface area contributed by atoms with E-state index in [0.717, 1.165) is 11.8 Å². The van der Waals surface area contributed by atoms with Crippen molar-refractivity contribution < 1.29 is 9.15 Å². The average molecular weight is 253 g/mol. The molecule has 0 saturated heterocycles. The zero-order chi connectivity index (χ0) is 12.3. The van der Waals surface area contributed by atoms with Gasteiger partial charge >= 0.3 is 6.01 Å². The van der Waals surface area contributed by atoms with Crippen molar-refractivity contribution in [3.05, 3.63) is 12.5 Å². The number of oxazole rings is 1. The first kappa shape index (κ1) is 11.6. The zero-order valence-corrected chi connectivity index (χ0v) is 10.1. The first-order valence-corrected chi connectivity index (χ1v) is 5.70. The highest BCUT2D eigenvalue weighted by Crippen LogP contribution is 2.24. The van der Waals surface area contributed by atoms with Gasteiger partial charge in [-0.1, -0.05) is 0 Å². The molecule has 0 bridgehead atoms. The van der Waals surface area contributed by atoms with Crippen molar-refractivity contribution in [1.82, 2.24) is 19.9 Å². The fourth-order valence-electron chi connectivity index (χ4n) is 1.00. The summed E-state index contributed by atoms with van der Waals surface area (Å²) in [5.74, 6) is 0.102. The number of aromatic nitrogens is 4. The predicted octanol–water partition coefficient (Wildman–Crippen LogP) is 1.38. The Morgan fingerprint density at radius 1 is 1.35 bits per heavy atom. The second kappa shape index (κ2) is 5.00. The van der Waals surface area contributed by atoms with Gasteiger partial charge in [-0.3, -0.25) is 0 Å². The zero-order valence-electron chi connectivity index (χ0n) is 9.32. The minimum Gasteiger partial charge on any atom is -0.461 e. The highest BCUT2D eigenvalue weighted by molar-refractivity contribution is 7.98. The molecule has 90 valence electrons. The van der Waals surface area contributed by atoms with Crippen LogP contribution in [0.2, 0.25) is 0 Å². The van der Waals surface area contributed by atoms with E-state index in [1.165, 1.54) is 6.26 Å². The van der Waals surface area contributed by atoms with Crippen molar-refractivity contribution in [2.45, 2.75) is 30.3 Å². The van der Waals surface area contributed by atoms with E-state index in [4.69, 9.17) is 14.9 Å². The molecule has 2 aromatic rings. The first-order valence-electron chi connectivity index (χ1n) is 4.89. The Hall–Kier alpha value is -1.83. The molecule has 0 unspecified atom stereocenters. The van der Waals surface area contributed by atoms with Gasteiger partial charge in [-0.25, -0.2) is 4.98 Å². The molecule has 17 heavy (non-hydrogen) atoms. The maximum Gasteiger partial charge on any atom is 0.322 e. The lowest BCUT2D eigenvalue weighted by atomic mass is 10.5. The second-order valence-corrected chi connectivity index (χ2v) is 4.24. The summed E-state index contributed by atoms with van der Waals surface area (Å²) in [5, 5.41) is 0.821. The van der Waals surface area contributed by atoms with Crippen LogP contribution in [0.3, 0.4) is 0 Å². The number of hydrogen-bond donors (Lipinski definition) is 1. The largest absolute Gasteiger partial charge is 0.461 e. The minimum atomic E-state index is -0.0311. The molecule has 0 saturated carbocycles. The number of nitrogens with zero attached hydrogens (tertiary/aromatic N) is 4. The van der Waals surface area contributed by atoms with Gasteiger partial charge < -0.3 is 14.9 Å². The highest BCUT2D eigenvalue weighted by Gasteiger charge is 2.10. The summed E-state index contributed by atoms with van der Waals surface area (Å²) < 4.78 is 10.4. The molecule has 0 aliphatic heterocycles. The Bertz CT molecular complexity index is 488. The Kier molecular flexibility index (Phi) is 3.43. The number of hydrogen-bond acceptors (Lipinski definition) is 8. The van der Waals surface area contributed by atoms with E-state index in [1.807, 2.05) is 13.8 Å². The molecular formula is C9H11N5O2S. The van der Waals surface area contributed by atoms with Crippen LogP contribution in [-0.2, 0) is 0 Å². The highest BCUT2D eigenvalue weighted by atomic mass is 32.2. The van der Waals surface area contributed by atoms with Crippen molar-refractivity contribution >= 4 is 17.7 Å². The van der Waals surface area contributed by atoms with E-state index in [-0.39, 0.29) is 18.1 Å². The molecule has 0 aromatic carbocycles. The van der Waals surface area contributed by atoms with Crippen LogP contribution < -0.4 is 10.5 Å². The van der Waals surface area contributed by atoms with Gasteiger partial charge in [0.05, 0.1) is 12.3 Å². The summed E-state index contributed by atoms with van der Waals surface area (Å²) in [4.78, 5) is 15.9. The van der Waals surface area contributed by atoms with Crippen LogP contribution in [0.4, 0.5) is 5.95 Å². The molecule has 0 fully saturated rings. The van der Waals surface area contributed by atoms with Gasteiger partial charge in [0.2, 0.25) is 11.1 Å². The third-order valence-electron chi connectivity index (χ3n) is 1.54. The van der Waals surface area contributed by atoms with Gasteiger partial charge in [0, 0.05) is 11.8 Å². The molecule has 0 aliphatic rings. The molecule has 2 heterocycles. The molecule has 2 N–H and O–H groups in total. The summed E-state index contributed by atoms with van der Waals surface area (Å²) in [6.07, 6.45) is 2.98. The Morgan fingerprint density at radius 3 is 2.82 bits per heavy atom. The molecule has 0 atom stereocenters.